The van der Waals surface area contributed by atoms with E-state index in [0.717, 1.165) is 16.7 Å². The summed E-state index contributed by atoms with van der Waals surface area (Å²) in [5.74, 6) is -0.278. The fraction of sp³-hybridized carbons (Fsp3) is 0.333. The van der Waals surface area contributed by atoms with Crippen molar-refractivity contribution in [1.29, 1.82) is 0 Å². The van der Waals surface area contributed by atoms with Crippen molar-refractivity contribution in [1.82, 2.24) is 4.90 Å². The molecule has 0 radical (unpaired) electrons. The number of aryl methyl sites for hydroxylation is 2. The van der Waals surface area contributed by atoms with Gasteiger partial charge in [-0.1, -0.05) is 11.6 Å². The van der Waals surface area contributed by atoms with E-state index in [1.165, 1.54) is 24.3 Å². The molecule has 33 heavy (non-hydrogen) atoms. The van der Waals surface area contributed by atoms with Crippen LogP contribution in [0.2, 0.25) is 0 Å². The molecule has 0 bridgehead atoms. The van der Waals surface area contributed by atoms with Crippen LogP contribution in [-0.4, -0.2) is 46.1 Å². The summed E-state index contributed by atoms with van der Waals surface area (Å²) in [6.45, 7) is 5.86. The van der Waals surface area contributed by atoms with E-state index in [0.29, 0.717) is 29.8 Å². The lowest BCUT2D eigenvalue weighted by Crippen LogP contribution is -2.38. The van der Waals surface area contributed by atoms with Crippen LogP contribution < -0.4 is 5.32 Å². The largest absolute Gasteiger partial charge is 0.444 e. The number of hydrogen-bond donors (Lipinski definition) is 2. The summed E-state index contributed by atoms with van der Waals surface area (Å²) in [6.07, 6.45) is 1.81. The van der Waals surface area contributed by atoms with Crippen LogP contribution in [0.3, 0.4) is 0 Å². The highest BCUT2D eigenvalue weighted by atomic mass is 16.6. The quantitative estimate of drug-likeness (QED) is 0.386. The molecule has 0 saturated carbocycles. The third-order valence-electron chi connectivity index (χ3n) is 5.81. The second kappa shape index (κ2) is 10.3. The van der Waals surface area contributed by atoms with Gasteiger partial charge in [0.2, 0.25) is 0 Å². The lowest BCUT2D eigenvalue weighted by molar-refractivity contribution is -0.384. The molecule has 1 saturated heterocycles. The number of carbonyl (C=O) groups excluding carboxylic acids is 2. The SMILES string of the molecule is CC=C1C[C@@H](CO)N(C(=O)c2cc(C)c(C)cc2NC(=O)OCc2ccc([N+](=O)[O-])cc2)C1. The molecule has 3 rings (SSSR count). The third-order valence-corrected chi connectivity index (χ3v) is 5.81. The molecule has 1 fully saturated rings. The van der Waals surface area contributed by atoms with E-state index < -0.39 is 11.0 Å². The number of rotatable bonds is 6. The van der Waals surface area contributed by atoms with Crippen molar-refractivity contribution in [3.05, 3.63) is 80.4 Å². The lowest BCUT2D eigenvalue weighted by Gasteiger charge is -2.24. The number of nitrogens with one attached hydrogen (secondary N) is 1. The number of benzene rings is 2. The van der Waals surface area contributed by atoms with Crippen molar-refractivity contribution >= 4 is 23.4 Å². The Morgan fingerprint density at radius 1 is 1.24 bits per heavy atom. The van der Waals surface area contributed by atoms with Gasteiger partial charge < -0.3 is 14.7 Å². The van der Waals surface area contributed by atoms with Crippen LogP contribution in [0.1, 0.15) is 40.4 Å². The predicted molar refractivity (Wildman–Crippen MR) is 123 cm³/mol. The fourth-order valence-corrected chi connectivity index (χ4v) is 3.70. The second-order valence-electron chi connectivity index (χ2n) is 8.03. The number of hydrogen-bond acceptors (Lipinski definition) is 6. The van der Waals surface area contributed by atoms with Gasteiger partial charge in [0.15, 0.2) is 0 Å². The van der Waals surface area contributed by atoms with Crippen LogP contribution >= 0.6 is 0 Å². The molecule has 2 amide bonds. The Morgan fingerprint density at radius 2 is 1.91 bits per heavy atom. The smallest absolute Gasteiger partial charge is 0.411 e. The molecular formula is C24H27N3O6. The zero-order valence-corrected chi connectivity index (χ0v) is 18.8. The van der Waals surface area contributed by atoms with Gasteiger partial charge >= 0.3 is 6.09 Å². The summed E-state index contributed by atoms with van der Waals surface area (Å²) < 4.78 is 5.25. The first-order valence-corrected chi connectivity index (χ1v) is 10.6. The summed E-state index contributed by atoms with van der Waals surface area (Å²) in [7, 11) is 0. The number of nitrogens with zero attached hydrogens (tertiary/aromatic N) is 2. The summed E-state index contributed by atoms with van der Waals surface area (Å²) in [6, 6.07) is 8.83. The second-order valence-corrected chi connectivity index (χ2v) is 8.03. The van der Waals surface area contributed by atoms with Crippen molar-refractivity contribution in [3.8, 4) is 0 Å². The Morgan fingerprint density at radius 3 is 2.52 bits per heavy atom. The highest BCUT2D eigenvalue weighted by molar-refractivity contribution is 6.03. The molecule has 2 aromatic carbocycles. The Hall–Kier alpha value is -3.72. The van der Waals surface area contributed by atoms with Crippen LogP contribution in [0.15, 0.2) is 48.0 Å². The maximum atomic E-state index is 13.4. The molecule has 9 nitrogen and oxygen atoms in total. The van der Waals surface area contributed by atoms with Gasteiger partial charge in [0.05, 0.1) is 28.8 Å². The number of aliphatic hydroxyl groups excluding tert-OH is 1. The summed E-state index contributed by atoms with van der Waals surface area (Å²) in [5.41, 5.74) is 4.05. The number of amides is 2. The van der Waals surface area contributed by atoms with E-state index in [2.05, 4.69) is 5.32 Å². The highest BCUT2D eigenvalue weighted by Gasteiger charge is 2.33. The van der Waals surface area contributed by atoms with Crippen LogP contribution in [-0.2, 0) is 11.3 Å². The molecule has 1 aliphatic rings. The number of anilines is 1. The van der Waals surface area contributed by atoms with Gasteiger partial charge in [-0.05, 0) is 68.1 Å². The van der Waals surface area contributed by atoms with Crippen LogP contribution in [0, 0.1) is 24.0 Å². The number of ether oxygens (including phenoxy) is 1. The molecule has 2 aromatic rings. The van der Waals surface area contributed by atoms with Crippen molar-refractivity contribution < 1.29 is 24.4 Å². The van der Waals surface area contributed by atoms with E-state index in [4.69, 9.17) is 4.74 Å². The molecular weight excluding hydrogens is 426 g/mol. The number of nitro groups is 1. The molecule has 1 heterocycles. The standard InChI is InChI=1S/C24H27N3O6/c1-4-17-11-20(13-28)26(12-17)23(29)21-9-15(2)16(3)10-22(21)25-24(30)33-14-18-5-7-19(8-6-18)27(31)32/h4-10,20,28H,11-14H2,1-3H3,(H,25,30)/t20-/m0/s1. The van der Waals surface area contributed by atoms with Crippen LogP contribution in [0.5, 0.6) is 0 Å². The number of likely N-dealkylation sites (tertiary alicyclic amines) is 1. The Balaban J connectivity index is 1.76. The minimum Gasteiger partial charge on any atom is -0.444 e. The van der Waals surface area contributed by atoms with Gasteiger partial charge in [0, 0.05) is 18.7 Å². The van der Waals surface area contributed by atoms with Crippen LogP contribution in [0.25, 0.3) is 0 Å². The predicted octanol–water partition coefficient (Wildman–Crippen LogP) is 4.11. The normalized spacial score (nSPS) is 16.7. The summed E-state index contributed by atoms with van der Waals surface area (Å²) in [4.78, 5) is 37.7. The molecule has 0 aromatic heterocycles. The lowest BCUT2D eigenvalue weighted by atomic mass is 10.0. The van der Waals surface area contributed by atoms with Gasteiger partial charge in [-0.15, -0.1) is 0 Å². The zero-order chi connectivity index (χ0) is 24.1. The van der Waals surface area contributed by atoms with Gasteiger partial charge in [-0.3, -0.25) is 20.2 Å². The Labute approximate surface area is 191 Å². The van der Waals surface area contributed by atoms with Gasteiger partial charge in [0.1, 0.15) is 6.61 Å². The maximum absolute atomic E-state index is 13.4. The average Bonchev–Trinajstić information content (AvgIpc) is 3.23. The van der Waals surface area contributed by atoms with Crippen molar-refractivity contribution in [2.75, 3.05) is 18.5 Å². The molecule has 9 heteroatoms. The topological polar surface area (TPSA) is 122 Å². The average molecular weight is 453 g/mol. The van der Waals surface area contributed by atoms with Crippen molar-refractivity contribution in [2.45, 2.75) is 39.8 Å². The minimum atomic E-state index is -0.750. The van der Waals surface area contributed by atoms with E-state index in [1.807, 2.05) is 26.8 Å². The third kappa shape index (κ3) is 5.56. The first-order valence-electron chi connectivity index (χ1n) is 10.6. The summed E-state index contributed by atoms with van der Waals surface area (Å²) >= 11 is 0. The zero-order valence-electron chi connectivity index (χ0n) is 18.8. The Kier molecular flexibility index (Phi) is 7.44. The number of nitro benzene ring substituents is 1. The van der Waals surface area contributed by atoms with E-state index >= 15 is 0 Å². The first kappa shape index (κ1) is 23.9. The molecule has 174 valence electrons. The maximum Gasteiger partial charge on any atom is 0.411 e. The molecule has 2 N–H and O–H groups in total. The highest BCUT2D eigenvalue weighted by Crippen LogP contribution is 2.29. The Bertz CT molecular complexity index is 1090. The fourth-order valence-electron chi connectivity index (χ4n) is 3.70. The number of non-ortho nitro benzene ring substituents is 1. The van der Waals surface area contributed by atoms with Crippen molar-refractivity contribution in [3.63, 3.8) is 0 Å². The van der Waals surface area contributed by atoms with E-state index in [1.54, 1.807) is 17.0 Å². The van der Waals surface area contributed by atoms with E-state index in [9.17, 15) is 24.8 Å². The molecule has 1 atom stereocenters. The number of aliphatic hydroxyl groups is 1. The molecule has 1 aliphatic heterocycles. The van der Waals surface area contributed by atoms with Gasteiger partial charge in [0.25, 0.3) is 11.6 Å². The van der Waals surface area contributed by atoms with Gasteiger partial charge in [-0.2, -0.15) is 0 Å². The number of allylic oxidation sites excluding steroid dienone is 1. The van der Waals surface area contributed by atoms with Crippen molar-refractivity contribution in [2.24, 2.45) is 0 Å². The monoisotopic (exact) mass is 453 g/mol. The minimum absolute atomic E-state index is 0.0503. The summed E-state index contributed by atoms with van der Waals surface area (Å²) in [5, 5.41) is 23.1. The molecule has 0 unspecified atom stereocenters. The number of carbonyl (C=O) groups is 2. The molecule has 0 aliphatic carbocycles. The van der Waals surface area contributed by atoms with Crippen LogP contribution in [0.4, 0.5) is 16.2 Å². The van der Waals surface area contributed by atoms with Gasteiger partial charge in [-0.25, -0.2) is 4.79 Å². The molecule has 0 spiro atoms. The first-order chi connectivity index (χ1) is 15.7. The van der Waals surface area contributed by atoms with E-state index in [-0.39, 0.29) is 30.9 Å².